The maximum atomic E-state index is 5.95. The van der Waals surface area contributed by atoms with Gasteiger partial charge < -0.3 is 10.3 Å². The molecule has 2 aromatic rings. The molecule has 0 aliphatic heterocycles. The zero-order valence-corrected chi connectivity index (χ0v) is 10.6. The Morgan fingerprint density at radius 2 is 2.00 bits per heavy atom. The van der Waals surface area contributed by atoms with Crippen molar-refractivity contribution in [2.45, 2.75) is 27.2 Å². The summed E-state index contributed by atoms with van der Waals surface area (Å²) in [5.74, 6) is 7.45. The predicted octanol–water partition coefficient (Wildman–Crippen LogP) is 1.93. The van der Waals surface area contributed by atoms with Crippen molar-refractivity contribution in [1.82, 2.24) is 14.5 Å². The molecule has 0 bridgehead atoms. The van der Waals surface area contributed by atoms with Gasteiger partial charge >= 0.3 is 0 Å². The number of rotatable bonds is 0. The average Bonchev–Trinajstić information content (AvgIpc) is 2.49. The lowest BCUT2D eigenvalue weighted by atomic mass is 10.2. The highest BCUT2D eigenvalue weighted by Gasteiger charge is 2.15. The Morgan fingerprint density at radius 1 is 1.29 bits per heavy atom. The summed E-state index contributed by atoms with van der Waals surface area (Å²) in [6.07, 6.45) is 0.829. The molecule has 0 saturated heterocycles. The number of anilines is 1. The highest BCUT2D eigenvalue weighted by atomic mass is 15.0. The van der Waals surface area contributed by atoms with E-state index in [1.807, 2.05) is 32.4 Å². The van der Waals surface area contributed by atoms with Gasteiger partial charge in [0.15, 0.2) is 5.82 Å². The van der Waals surface area contributed by atoms with Gasteiger partial charge in [-0.15, -0.1) is 0 Å². The van der Waals surface area contributed by atoms with E-state index in [2.05, 4.69) is 21.8 Å². The maximum absolute atomic E-state index is 5.95. The number of hydrogen-bond acceptors (Lipinski definition) is 3. The third-order valence-electron chi connectivity index (χ3n) is 2.85. The van der Waals surface area contributed by atoms with Gasteiger partial charge in [-0.2, -0.15) is 0 Å². The molecule has 4 heteroatoms. The molecule has 0 amide bonds. The predicted molar refractivity (Wildman–Crippen MR) is 69.6 cm³/mol. The molecule has 4 nitrogen and oxygen atoms in total. The minimum atomic E-state index is 0.516. The Hall–Kier alpha value is -2.02. The van der Waals surface area contributed by atoms with E-state index < -0.39 is 0 Å². The van der Waals surface area contributed by atoms with Gasteiger partial charge in [0.25, 0.3) is 0 Å². The summed E-state index contributed by atoms with van der Waals surface area (Å²) in [7, 11) is 1.96. The number of aryl methyl sites for hydroxylation is 2. The molecule has 0 saturated carbocycles. The Morgan fingerprint density at radius 3 is 2.65 bits per heavy atom. The van der Waals surface area contributed by atoms with E-state index in [4.69, 9.17) is 5.73 Å². The Labute approximate surface area is 101 Å². The second-order valence-electron chi connectivity index (χ2n) is 4.03. The van der Waals surface area contributed by atoms with Crippen LogP contribution < -0.4 is 5.73 Å². The van der Waals surface area contributed by atoms with Gasteiger partial charge in [-0.25, -0.2) is 9.97 Å². The van der Waals surface area contributed by atoms with Crippen LogP contribution in [0.15, 0.2) is 0 Å². The average molecular weight is 228 g/mol. The molecule has 0 aliphatic rings. The number of hydrogen-bond donors (Lipinski definition) is 1. The Bertz CT molecular complexity index is 641. The lowest BCUT2D eigenvalue weighted by Crippen LogP contribution is -2.00. The summed E-state index contributed by atoms with van der Waals surface area (Å²) in [4.78, 5) is 8.65. The molecule has 2 N–H and O–H groups in total. The SMILES string of the molecule is CCC#Cc1c(C)n(C)c2c(N)nc(C)nc12. The highest BCUT2D eigenvalue weighted by Crippen LogP contribution is 2.25. The van der Waals surface area contributed by atoms with Gasteiger partial charge in [0.1, 0.15) is 16.9 Å². The third-order valence-corrected chi connectivity index (χ3v) is 2.85. The van der Waals surface area contributed by atoms with Crippen LogP contribution in [0.5, 0.6) is 0 Å². The van der Waals surface area contributed by atoms with Crippen LogP contribution in [-0.4, -0.2) is 14.5 Å². The molecule has 0 atom stereocenters. The van der Waals surface area contributed by atoms with Gasteiger partial charge in [0.05, 0.1) is 5.56 Å². The lowest BCUT2D eigenvalue weighted by Gasteiger charge is -2.01. The lowest BCUT2D eigenvalue weighted by molar-refractivity contribution is 0.912. The summed E-state index contributed by atoms with van der Waals surface area (Å²) < 4.78 is 2.00. The molecule has 88 valence electrons. The zero-order valence-electron chi connectivity index (χ0n) is 10.6. The topological polar surface area (TPSA) is 56.7 Å². The van der Waals surface area contributed by atoms with Gasteiger partial charge in [0.2, 0.25) is 0 Å². The highest BCUT2D eigenvalue weighted by molar-refractivity contribution is 5.91. The molecule has 0 aliphatic carbocycles. The number of nitrogen functional groups attached to an aromatic ring is 1. The van der Waals surface area contributed by atoms with Gasteiger partial charge in [-0.1, -0.05) is 18.8 Å². The first kappa shape index (κ1) is 11.5. The smallest absolute Gasteiger partial charge is 0.151 e. The van der Waals surface area contributed by atoms with Crippen LogP contribution >= 0.6 is 0 Å². The number of nitrogens with two attached hydrogens (primary N) is 1. The van der Waals surface area contributed by atoms with E-state index in [1.54, 1.807) is 0 Å². The molecule has 2 rings (SSSR count). The normalized spacial score (nSPS) is 10.4. The molecule has 0 radical (unpaired) electrons. The summed E-state index contributed by atoms with van der Waals surface area (Å²) in [5.41, 5.74) is 9.71. The van der Waals surface area contributed by atoms with Gasteiger partial charge in [-0.05, 0) is 13.8 Å². The standard InChI is InChI=1S/C13H16N4/c1-5-6-7-10-8(2)17(4)12-11(10)15-9(3)16-13(12)14/h5H2,1-4H3,(H2,14,15,16). The molecule has 0 unspecified atom stereocenters. The molecule has 0 fully saturated rings. The quantitative estimate of drug-likeness (QED) is 0.701. The molecule has 2 heterocycles. The maximum Gasteiger partial charge on any atom is 0.151 e. The Balaban J connectivity index is 2.88. The first-order chi connectivity index (χ1) is 8.06. The molecule has 17 heavy (non-hydrogen) atoms. The van der Waals surface area contributed by atoms with Gasteiger partial charge in [0, 0.05) is 19.2 Å². The van der Waals surface area contributed by atoms with Crippen molar-refractivity contribution in [3.8, 4) is 11.8 Å². The van der Waals surface area contributed by atoms with Crippen LogP contribution in [0.3, 0.4) is 0 Å². The second kappa shape index (κ2) is 4.10. The number of aromatic nitrogens is 3. The summed E-state index contributed by atoms with van der Waals surface area (Å²) in [6.45, 7) is 5.90. The largest absolute Gasteiger partial charge is 0.382 e. The van der Waals surface area contributed by atoms with E-state index in [0.717, 1.165) is 28.7 Å². The third kappa shape index (κ3) is 1.74. The molecule has 0 aromatic carbocycles. The molecular weight excluding hydrogens is 212 g/mol. The number of fused-ring (bicyclic) bond motifs is 1. The van der Waals surface area contributed by atoms with Crippen molar-refractivity contribution in [1.29, 1.82) is 0 Å². The monoisotopic (exact) mass is 228 g/mol. The van der Waals surface area contributed by atoms with Crippen molar-refractivity contribution in [2.24, 2.45) is 7.05 Å². The van der Waals surface area contributed by atoms with Crippen molar-refractivity contribution in [3.05, 3.63) is 17.1 Å². The van der Waals surface area contributed by atoms with E-state index in [0.29, 0.717) is 11.6 Å². The molecular formula is C13H16N4. The second-order valence-corrected chi connectivity index (χ2v) is 4.03. The molecule has 0 spiro atoms. The molecule has 2 aromatic heterocycles. The van der Waals surface area contributed by atoms with Crippen LogP contribution in [0.2, 0.25) is 0 Å². The van der Waals surface area contributed by atoms with Crippen LogP contribution in [-0.2, 0) is 7.05 Å². The van der Waals surface area contributed by atoms with Crippen molar-refractivity contribution < 1.29 is 0 Å². The number of nitrogens with zero attached hydrogens (tertiary/aromatic N) is 3. The van der Waals surface area contributed by atoms with Crippen molar-refractivity contribution in [3.63, 3.8) is 0 Å². The van der Waals surface area contributed by atoms with E-state index in [-0.39, 0.29) is 0 Å². The fourth-order valence-electron chi connectivity index (χ4n) is 1.93. The first-order valence-corrected chi connectivity index (χ1v) is 5.64. The van der Waals surface area contributed by atoms with Crippen LogP contribution in [0.1, 0.15) is 30.4 Å². The first-order valence-electron chi connectivity index (χ1n) is 5.64. The Kier molecular flexibility index (Phi) is 2.76. The van der Waals surface area contributed by atoms with Gasteiger partial charge in [-0.3, -0.25) is 0 Å². The van der Waals surface area contributed by atoms with Crippen LogP contribution in [0.4, 0.5) is 5.82 Å². The fourth-order valence-corrected chi connectivity index (χ4v) is 1.93. The van der Waals surface area contributed by atoms with E-state index in [1.165, 1.54) is 0 Å². The minimum absolute atomic E-state index is 0.516. The summed E-state index contributed by atoms with van der Waals surface area (Å²) in [6, 6.07) is 0. The fraction of sp³-hybridized carbons (Fsp3) is 0.385. The summed E-state index contributed by atoms with van der Waals surface area (Å²) >= 11 is 0. The van der Waals surface area contributed by atoms with E-state index >= 15 is 0 Å². The van der Waals surface area contributed by atoms with Crippen LogP contribution in [0.25, 0.3) is 11.0 Å². The van der Waals surface area contributed by atoms with Crippen LogP contribution in [0, 0.1) is 25.7 Å². The summed E-state index contributed by atoms with van der Waals surface area (Å²) in [5, 5.41) is 0. The van der Waals surface area contributed by atoms with E-state index in [9.17, 15) is 0 Å². The zero-order chi connectivity index (χ0) is 12.6. The van der Waals surface area contributed by atoms with Crippen molar-refractivity contribution in [2.75, 3.05) is 5.73 Å². The van der Waals surface area contributed by atoms with Crippen molar-refractivity contribution >= 4 is 16.9 Å². The minimum Gasteiger partial charge on any atom is -0.382 e.